The number of nitrogens with one attached hydrogen (secondary N) is 1. The van der Waals surface area contributed by atoms with E-state index in [1.165, 1.54) is 28.9 Å². The Bertz CT molecular complexity index is 800. The van der Waals surface area contributed by atoms with Gasteiger partial charge >= 0.3 is 0 Å². The highest BCUT2D eigenvalue weighted by Gasteiger charge is 2.24. The van der Waals surface area contributed by atoms with E-state index in [1.807, 2.05) is 0 Å². The number of benzene rings is 1. The van der Waals surface area contributed by atoms with Gasteiger partial charge in [-0.25, -0.2) is 4.98 Å². The van der Waals surface area contributed by atoms with Gasteiger partial charge in [-0.05, 0) is 31.4 Å². The fourth-order valence-electron chi connectivity index (χ4n) is 3.29. The van der Waals surface area contributed by atoms with Crippen LogP contribution >= 0.6 is 11.3 Å². The van der Waals surface area contributed by atoms with Crippen molar-refractivity contribution in [3.8, 4) is 0 Å². The number of nitrogens with zero attached hydrogens (tertiary/aromatic N) is 2. The molecule has 108 valence electrons. The van der Waals surface area contributed by atoms with E-state index in [0.717, 1.165) is 23.7 Å². The zero-order valence-corrected chi connectivity index (χ0v) is 13.2. The molecule has 1 atom stereocenters. The van der Waals surface area contributed by atoms with Gasteiger partial charge in [-0.1, -0.05) is 24.3 Å². The lowest BCUT2D eigenvalue weighted by atomic mass is 9.77. The third kappa shape index (κ3) is 2.10. The van der Waals surface area contributed by atoms with E-state index < -0.39 is 0 Å². The van der Waals surface area contributed by atoms with Crippen LogP contribution in [0, 0.1) is 13.8 Å². The van der Waals surface area contributed by atoms with Gasteiger partial charge in [0.1, 0.15) is 0 Å². The van der Waals surface area contributed by atoms with E-state index in [9.17, 15) is 0 Å². The highest BCUT2D eigenvalue weighted by molar-refractivity contribution is 7.15. The van der Waals surface area contributed by atoms with Crippen molar-refractivity contribution in [1.29, 1.82) is 0 Å². The lowest BCUT2D eigenvalue weighted by Crippen LogP contribution is -2.29. The van der Waals surface area contributed by atoms with Gasteiger partial charge in [0.05, 0.1) is 11.4 Å². The standard InChI is InChI=1S/C17H19N3S/c1-11-10-21-17-19-12(2)16(20(11)17)9-18-8-14-7-13-5-3-4-6-15(13)14/h3-6,10,14,18H,7-9H2,1-2H3. The maximum Gasteiger partial charge on any atom is 0.194 e. The topological polar surface area (TPSA) is 29.3 Å². The van der Waals surface area contributed by atoms with E-state index in [4.69, 9.17) is 0 Å². The van der Waals surface area contributed by atoms with Crippen LogP contribution in [-0.4, -0.2) is 15.9 Å². The van der Waals surface area contributed by atoms with Gasteiger partial charge < -0.3 is 5.32 Å². The van der Waals surface area contributed by atoms with Gasteiger partial charge in [0.25, 0.3) is 0 Å². The van der Waals surface area contributed by atoms with Gasteiger partial charge in [0.15, 0.2) is 4.96 Å². The molecule has 1 unspecified atom stereocenters. The molecule has 0 spiro atoms. The molecule has 3 nitrogen and oxygen atoms in total. The molecule has 0 bridgehead atoms. The van der Waals surface area contributed by atoms with Crippen LogP contribution in [0.3, 0.4) is 0 Å². The molecule has 0 saturated carbocycles. The Morgan fingerprint density at radius 1 is 1.33 bits per heavy atom. The molecule has 21 heavy (non-hydrogen) atoms. The zero-order chi connectivity index (χ0) is 14.4. The van der Waals surface area contributed by atoms with Crippen molar-refractivity contribution < 1.29 is 0 Å². The first-order valence-electron chi connectivity index (χ1n) is 7.44. The molecule has 1 aromatic carbocycles. The number of hydrogen-bond donors (Lipinski definition) is 1. The van der Waals surface area contributed by atoms with Crippen molar-refractivity contribution in [2.75, 3.05) is 6.54 Å². The molecule has 0 aliphatic heterocycles. The number of thiazole rings is 1. The van der Waals surface area contributed by atoms with Crippen LogP contribution in [0.4, 0.5) is 0 Å². The molecule has 0 fully saturated rings. The summed E-state index contributed by atoms with van der Waals surface area (Å²) in [5.74, 6) is 0.675. The van der Waals surface area contributed by atoms with Gasteiger partial charge in [-0.3, -0.25) is 4.40 Å². The lowest BCUT2D eigenvalue weighted by molar-refractivity contribution is 0.530. The van der Waals surface area contributed by atoms with Gasteiger partial charge in [0, 0.05) is 30.1 Å². The van der Waals surface area contributed by atoms with Crippen LogP contribution in [0.25, 0.3) is 4.96 Å². The molecular weight excluding hydrogens is 278 g/mol. The molecule has 3 aromatic rings. The monoisotopic (exact) mass is 297 g/mol. The molecule has 2 aromatic heterocycles. The Hall–Kier alpha value is -1.65. The number of aromatic nitrogens is 2. The first-order valence-corrected chi connectivity index (χ1v) is 8.32. The molecule has 1 aliphatic rings. The van der Waals surface area contributed by atoms with Crippen LogP contribution in [0.2, 0.25) is 0 Å². The maximum absolute atomic E-state index is 4.64. The molecule has 4 heteroatoms. The average Bonchev–Trinajstić information content (AvgIpc) is 2.95. The molecular formula is C17H19N3S. The summed E-state index contributed by atoms with van der Waals surface area (Å²) in [6.07, 6.45) is 1.21. The quantitative estimate of drug-likeness (QED) is 0.799. The van der Waals surface area contributed by atoms with Crippen LogP contribution < -0.4 is 5.32 Å². The minimum absolute atomic E-state index is 0.675. The number of hydrogen-bond acceptors (Lipinski definition) is 3. The first-order chi connectivity index (χ1) is 10.2. The molecule has 0 amide bonds. The van der Waals surface area contributed by atoms with Crippen LogP contribution in [0.5, 0.6) is 0 Å². The second kappa shape index (κ2) is 4.97. The van der Waals surface area contributed by atoms with Crippen molar-refractivity contribution in [2.24, 2.45) is 0 Å². The lowest BCUT2D eigenvalue weighted by Gasteiger charge is -2.30. The normalized spacial score (nSPS) is 17.0. The molecule has 1 N–H and O–H groups in total. The fourth-order valence-corrected chi connectivity index (χ4v) is 4.22. The second-order valence-electron chi connectivity index (χ2n) is 5.87. The molecule has 2 heterocycles. The molecule has 4 rings (SSSR count). The Balaban J connectivity index is 1.45. The predicted molar refractivity (Wildman–Crippen MR) is 87.1 cm³/mol. The van der Waals surface area contributed by atoms with Crippen LogP contribution in [0.15, 0.2) is 29.6 Å². The summed E-state index contributed by atoms with van der Waals surface area (Å²) in [5, 5.41) is 5.80. The van der Waals surface area contributed by atoms with Gasteiger partial charge in [-0.15, -0.1) is 11.3 Å². The summed E-state index contributed by atoms with van der Waals surface area (Å²) in [4.78, 5) is 5.75. The summed E-state index contributed by atoms with van der Waals surface area (Å²) < 4.78 is 2.28. The summed E-state index contributed by atoms with van der Waals surface area (Å²) in [6.45, 7) is 6.20. The maximum atomic E-state index is 4.64. The summed E-state index contributed by atoms with van der Waals surface area (Å²) in [5.41, 5.74) is 6.76. The van der Waals surface area contributed by atoms with Crippen molar-refractivity contribution >= 4 is 16.3 Å². The van der Waals surface area contributed by atoms with Crippen molar-refractivity contribution in [2.45, 2.75) is 32.7 Å². The van der Waals surface area contributed by atoms with E-state index in [1.54, 1.807) is 11.3 Å². The number of aryl methyl sites for hydroxylation is 2. The van der Waals surface area contributed by atoms with E-state index in [0.29, 0.717) is 5.92 Å². The van der Waals surface area contributed by atoms with Crippen LogP contribution in [0.1, 0.15) is 34.1 Å². The molecule has 0 saturated heterocycles. The smallest absolute Gasteiger partial charge is 0.194 e. The second-order valence-corrected chi connectivity index (χ2v) is 6.71. The van der Waals surface area contributed by atoms with Crippen molar-refractivity contribution in [3.05, 3.63) is 57.9 Å². The summed E-state index contributed by atoms with van der Waals surface area (Å²) in [6, 6.07) is 8.78. The third-order valence-corrected chi connectivity index (χ3v) is 5.42. The third-order valence-electron chi connectivity index (χ3n) is 4.47. The number of fused-ring (bicyclic) bond motifs is 2. The largest absolute Gasteiger partial charge is 0.311 e. The molecule has 0 radical (unpaired) electrons. The Morgan fingerprint density at radius 3 is 3.05 bits per heavy atom. The Morgan fingerprint density at radius 2 is 2.19 bits per heavy atom. The summed E-state index contributed by atoms with van der Waals surface area (Å²) >= 11 is 1.72. The van der Waals surface area contributed by atoms with Gasteiger partial charge in [0.2, 0.25) is 0 Å². The molecule has 1 aliphatic carbocycles. The van der Waals surface area contributed by atoms with E-state index in [2.05, 4.69) is 58.2 Å². The highest BCUT2D eigenvalue weighted by Crippen LogP contribution is 2.34. The predicted octanol–water partition coefficient (Wildman–Crippen LogP) is 3.44. The average molecular weight is 297 g/mol. The number of rotatable bonds is 4. The first kappa shape index (κ1) is 13.0. The van der Waals surface area contributed by atoms with E-state index >= 15 is 0 Å². The van der Waals surface area contributed by atoms with Gasteiger partial charge in [-0.2, -0.15) is 0 Å². The van der Waals surface area contributed by atoms with Crippen LogP contribution in [-0.2, 0) is 13.0 Å². The highest BCUT2D eigenvalue weighted by atomic mass is 32.1. The number of imidazole rings is 1. The minimum Gasteiger partial charge on any atom is -0.311 e. The minimum atomic E-state index is 0.675. The van der Waals surface area contributed by atoms with E-state index in [-0.39, 0.29) is 0 Å². The summed E-state index contributed by atoms with van der Waals surface area (Å²) in [7, 11) is 0. The van der Waals surface area contributed by atoms with Crippen molar-refractivity contribution in [3.63, 3.8) is 0 Å². The SMILES string of the molecule is Cc1nc2scc(C)n2c1CNCC1Cc2ccccc21. The van der Waals surface area contributed by atoms with Crippen molar-refractivity contribution in [1.82, 2.24) is 14.7 Å². The Labute approximate surface area is 128 Å². The zero-order valence-electron chi connectivity index (χ0n) is 12.4. The Kier molecular flexibility index (Phi) is 3.08. The fraction of sp³-hybridized carbons (Fsp3) is 0.353.